The van der Waals surface area contributed by atoms with E-state index in [2.05, 4.69) is 5.32 Å². The van der Waals surface area contributed by atoms with Crippen LogP contribution in [-0.4, -0.2) is 18.5 Å². The summed E-state index contributed by atoms with van der Waals surface area (Å²) in [6, 6.07) is 10.4. The van der Waals surface area contributed by atoms with Crippen molar-refractivity contribution in [3.63, 3.8) is 0 Å². The summed E-state index contributed by atoms with van der Waals surface area (Å²) in [4.78, 5) is 26.6. The van der Waals surface area contributed by atoms with Gasteiger partial charge in [-0.15, -0.1) is 11.3 Å². The first-order valence-corrected chi connectivity index (χ1v) is 12.3. The van der Waals surface area contributed by atoms with Crippen molar-refractivity contribution in [2.24, 2.45) is 0 Å². The van der Waals surface area contributed by atoms with Crippen molar-refractivity contribution in [1.29, 1.82) is 5.26 Å². The van der Waals surface area contributed by atoms with E-state index in [1.807, 2.05) is 6.07 Å². The van der Waals surface area contributed by atoms with E-state index in [0.717, 1.165) is 36.1 Å². The van der Waals surface area contributed by atoms with Crippen LogP contribution in [0.15, 0.2) is 40.3 Å². The first kappa shape index (κ1) is 24.1. The zero-order valence-corrected chi connectivity index (χ0v) is 20.6. The maximum atomic E-state index is 12.9. The molecule has 2 heterocycles. The number of carbonyl (C=O) groups is 2. The molecule has 0 radical (unpaired) electrons. The number of carbonyl (C=O) groups excluding carboxylic acids is 2. The van der Waals surface area contributed by atoms with E-state index in [0.29, 0.717) is 37.7 Å². The molecule has 0 saturated heterocycles. The number of rotatable bonds is 6. The average Bonchev–Trinajstić information content (AvgIpc) is 3.43. The van der Waals surface area contributed by atoms with Crippen molar-refractivity contribution in [2.45, 2.75) is 32.6 Å². The van der Waals surface area contributed by atoms with Crippen LogP contribution in [-0.2, 0) is 22.4 Å². The first-order chi connectivity index (χ1) is 16.4. The lowest BCUT2D eigenvalue weighted by Gasteiger charge is -2.12. The van der Waals surface area contributed by atoms with Gasteiger partial charge in [0.05, 0.1) is 22.2 Å². The fourth-order valence-electron chi connectivity index (χ4n) is 3.80. The molecule has 0 saturated carbocycles. The molecule has 3 aromatic rings. The number of hydrogen-bond donors (Lipinski definition) is 1. The van der Waals surface area contributed by atoms with Gasteiger partial charge in [0.1, 0.15) is 28.2 Å². The zero-order chi connectivity index (χ0) is 24.2. The van der Waals surface area contributed by atoms with Crippen LogP contribution in [0.1, 0.15) is 46.3 Å². The number of aryl methyl sites for hydroxylation is 1. The Labute approximate surface area is 210 Å². The second-order valence-corrected chi connectivity index (χ2v) is 9.45. The summed E-state index contributed by atoms with van der Waals surface area (Å²) in [7, 11) is 0. The van der Waals surface area contributed by atoms with Gasteiger partial charge in [0.15, 0.2) is 0 Å². The van der Waals surface area contributed by atoms with Gasteiger partial charge in [0.25, 0.3) is 5.91 Å². The Kier molecular flexibility index (Phi) is 7.42. The lowest BCUT2D eigenvalue weighted by Crippen LogP contribution is -2.16. The van der Waals surface area contributed by atoms with Gasteiger partial charge in [-0.1, -0.05) is 29.3 Å². The number of furan rings is 1. The highest BCUT2D eigenvalue weighted by Gasteiger charge is 2.28. The highest BCUT2D eigenvalue weighted by Crippen LogP contribution is 2.39. The number of hydrogen-bond acceptors (Lipinski definition) is 6. The van der Waals surface area contributed by atoms with E-state index < -0.39 is 11.9 Å². The quantitative estimate of drug-likeness (QED) is 0.219. The summed E-state index contributed by atoms with van der Waals surface area (Å²) < 4.78 is 11.0. The highest BCUT2D eigenvalue weighted by atomic mass is 35.5. The molecule has 0 fully saturated rings. The van der Waals surface area contributed by atoms with E-state index in [1.54, 1.807) is 37.3 Å². The van der Waals surface area contributed by atoms with Crippen LogP contribution >= 0.6 is 34.5 Å². The molecule has 1 aliphatic rings. The van der Waals surface area contributed by atoms with Crippen LogP contribution < -0.4 is 5.32 Å². The minimum atomic E-state index is -0.634. The van der Waals surface area contributed by atoms with Crippen molar-refractivity contribution < 1.29 is 18.7 Å². The summed E-state index contributed by atoms with van der Waals surface area (Å²) in [5.41, 5.74) is 1.75. The average molecular weight is 515 g/mol. The van der Waals surface area contributed by atoms with Gasteiger partial charge < -0.3 is 14.5 Å². The number of fused-ring (bicyclic) bond motifs is 1. The number of nitriles is 1. The molecule has 1 aliphatic carbocycles. The topological polar surface area (TPSA) is 92.3 Å². The molecule has 0 unspecified atom stereocenters. The van der Waals surface area contributed by atoms with Crippen LogP contribution in [0.4, 0.5) is 5.00 Å². The summed E-state index contributed by atoms with van der Waals surface area (Å²) in [6.07, 6.45) is 4.96. The number of halogens is 2. The number of anilines is 1. The van der Waals surface area contributed by atoms with Crippen LogP contribution in [0.25, 0.3) is 17.4 Å². The van der Waals surface area contributed by atoms with Crippen molar-refractivity contribution in [1.82, 2.24) is 0 Å². The zero-order valence-electron chi connectivity index (χ0n) is 18.2. The Morgan fingerprint density at radius 3 is 2.79 bits per heavy atom. The van der Waals surface area contributed by atoms with E-state index in [1.165, 1.54) is 17.4 Å². The minimum Gasteiger partial charge on any atom is -0.462 e. The third kappa shape index (κ3) is 4.90. The number of thiophene rings is 1. The monoisotopic (exact) mass is 514 g/mol. The third-order valence-electron chi connectivity index (χ3n) is 5.37. The molecule has 0 spiro atoms. The number of nitrogens with one attached hydrogen (secondary N) is 1. The van der Waals surface area contributed by atoms with Gasteiger partial charge in [-0.05, 0) is 62.4 Å². The van der Waals surface area contributed by atoms with E-state index in [-0.39, 0.29) is 12.2 Å². The highest BCUT2D eigenvalue weighted by molar-refractivity contribution is 7.17. The number of ether oxygens (including phenoxy) is 1. The Hall–Kier alpha value is -3.05. The van der Waals surface area contributed by atoms with Gasteiger partial charge in [0.2, 0.25) is 0 Å². The Morgan fingerprint density at radius 1 is 1.24 bits per heavy atom. The maximum absolute atomic E-state index is 12.9. The van der Waals surface area contributed by atoms with Crippen LogP contribution in [0, 0.1) is 11.3 Å². The van der Waals surface area contributed by atoms with Crippen molar-refractivity contribution in [2.75, 3.05) is 11.9 Å². The summed E-state index contributed by atoms with van der Waals surface area (Å²) in [5.74, 6) is -0.347. The Bertz CT molecular complexity index is 1330. The SMILES string of the molecule is CCOC(=O)c1c(NC(=O)/C(C#N)=C/c2ccc(-c3cccc(Cl)c3Cl)o2)sc2c1CCCC2. The van der Waals surface area contributed by atoms with Gasteiger partial charge in [-0.2, -0.15) is 5.26 Å². The lowest BCUT2D eigenvalue weighted by atomic mass is 9.95. The molecule has 4 rings (SSSR count). The van der Waals surface area contributed by atoms with Crippen LogP contribution in [0.3, 0.4) is 0 Å². The number of benzene rings is 1. The standard InChI is InChI=1S/C25H20Cl2N2O4S/c1-2-32-25(31)21-17-6-3-4-9-20(17)34-24(21)29-23(30)14(13-28)12-15-10-11-19(33-15)16-7-5-8-18(26)22(16)27/h5,7-8,10-12H,2-4,6,9H2,1H3,(H,29,30)/b14-12+. The third-order valence-corrected chi connectivity index (χ3v) is 7.40. The number of nitrogens with zero attached hydrogens (tertiary/aromatic N) is 1. The normalized spacial score (nSPS) is 13.2. The van der Waals surface area contributed by atoms with Crippen molar-refractivity contribution in [3.8, 4) is 17.4 Å². The molecule has 34 heavy (non-hydrogen) atoms. The second-order valence-electron chi connectivity index (χ2n) is 7.56. The van der Waals surface area contributed by atoms with Gasteiger partial charge in [-0.3, -0.25) is 4.79 Å². The number of esters is 1. The van der Waals surface area contributed by atoms with Crippen LogP contribution in [0.5, 0.6) is 0 Å². The predicted octanol–water partition coefficient (Wildman–Crippen LogP) is 6.92. The fraction of sp³-hybridized carbons (Fsp3) is 0.240. The maximum Gasteiger partial charge on any atom is 0.341 e. The Balaban J connectivity index is 1.61. The molecule has 1 amide bonds. The Morgan fingerprint density at radius 2 is 2.03 bits per heavy atom. The smallest absolute Gasteiger partial charge is 0.341 e. The summed E-state index contributed by atoms with van der Waals surface area (Å²) in [6.45, 7) is 1.97. The molecule has 1 N–H and O–H groups in total. The summed E-state index contributed by atoms with van der Waals surface area (Å²) in [5, 5.41) is 13.5. The molecule has 0 bridgehead atoms. The fourth-order valence-corrected chi connectivity index (χ4v) is 5.47. The molecule has 6 nitrogen and oxygen atoms in total. The molecular weight excluding hydrogens is 495 g/mol. The molecule has 174 valence electrons. The predicted molar refractivity (Wildman–Crippen MR) is 133 cm³/mol. The molecule has 2 aromatic heterocycles. The molecule has 0 atom stereocenters. The van der Waals surface area contributed by atoms with Crippen LogP contribution in [0.2, 0.25) is 10.0 Å². The van der Waals surface area contributed by atoms with Gasteiger partial charge >= 0.3 is 5.97 Å². The van der Waals surface area contributed by atoms with E-state index in [4.69, 9.17) is 32.4 Å². The lowest BCUT2D eigenvalue weighted by molar-refractivity contribution is -0.112. The molecular formula is C25H20Cl2N2O4S. The first-order valence-electron chi connectivity index (χ1n) is 10.7. The molecule has 0 aliphatic heterocycles. The van der Waals surface area contributed by atoms with E-state index >= 15 is 0 Å². The second kappa shape index (κ2) is 10.5. The number of amides is 1. The summed E-state index contributed by atoms with van der Waals surface area (Å²) >= 11 is 13.7. The minimum absolute atomic E-state index is 0.167. The van der Waals surface area contributed by atoms with Crippen molar-refractivity contribution in [3.05, 3.63) is 67.7 Å². The van der Waals surface area contributed by atoms with E-state index in [9.17, 15) is 14.9 Å². The van der Waals surface area contributed by atoms with Gasteiger partial charge in [-0.25, -0.2) is 4.79 Å². The van der Waals surface area contributed by atoms with Gasteiger partial charge in [0, 0.05) is 16.5 Å². The molecule has 1 aromatic carbocycles. The molecule has 9 heteroatoms. The van der Waals surface area contributed by atoms with Crippen molar-refractivity contribution >= 4 is 57.5 Å². The largest absolute Gasteiger partial charge is 0.462 e.